The van der Waals surface area contributed by atoms with Crippen LogP contribution in [0.3, 0.4) is 0 Å². The molecule has 1 aromatic heterocycles. The van der Waals surface area contributed by atoms with Crippen LogP contribution < -0.4 is 0 Å². The summed E-state index contributed by atoms with van der Waals surface area (Å²) >= 11 is 1.53. The number of carbonyl (C=O) groups is 1. The van der Waals surface area contributed by atoms with Crippen LogP contribution in [-0.4, -0.2) is 47.9 Å². The number of hydrogen-bond donors (Lipinski definition) is 0. The first kappa shape index (κ1) is 22.3. The largest absolute Gasteiger partial charge is 0.338 e. The standard InChI is InChI=1S/C28H31FN2OS/c1-30(28(32)24-12-15-33-19-24)27(18-23-8-4-5-9-26(23)29)20-10-13-31(14-11-20)25-16-21-6-2-3-7-22(21)17-25/h2-9,12,15,19-20,25,27H,10-11,13-14,16-18H2,1H3/t27-/m1/s1. The lowest BCUT2D eigenvalue weighted by atomic mass is 9.84. The Morgan fingerprint density at radius 2 is 1.73 bits per heavy atom. The summed E-state index contributed by atoms with van der Waals surface area (Å²) in [5.41, 5.74) is 4.40. The first-order chi connectivity index (χ1) is 16.1. The van der Waals surface area contributed by atoms with Crippen molar-refractivity contribution in [3.8, 4) is 0 Å². The van der Waals surface area contributed by atoms with Crippen LogP contribution in [0.15, 0.2) is 65.4 Å². The van der Waals surface area contributed by atoms with E-state index in [9.17, 15) is 9.18 Å². The van der Waals surface area contributed by atoms with Crippen LogP contribution >= 0.6 is 11.3 Å². The van der Waals surface area contributed by atoms with Crippen molar-refractivity contribution in [1.29, 1.82) is 0 Å². The molecule has 0 radical (unpaired) electrons. The van der Waals surface area contributed by atoms with Crippen LogP contribution in [0, 0.1) is 11.7 Å². The van der Waals surface area contributed by atoms with Gasteiger partial charge in [0.2, 0.25) is 0 Å². The van der Waals surface area contributed by atoms with Crippen molar-refractivity contribution < 1.29 is 9.18 Å². The molecule has 1 amide bonds. The fourth-order valence-electron chi connectivity index (χ4n) is 5.71. The molecule has 5 heteroatoms. The fourth-order valence-corrected chi connectivity index (χ4v) is 6.34. The molecule has 0 bridgehead atoms. The van der Waals surface area contributed by atoms with Gasteiger partial charge in [0.05, 0.1) is 5.56 Å². The molecule has 3 aromatic rings. The van der Waals surface area contributed by atoms with E-state index in [2.05, 4.69) is 29.2 Å². The fraction of sp³-hybridized carbons (Fsp3) is 0.393. The SMILES string of the molecule is CN(C(=O)c1ccsc1)[C@H](Cc1ccccc1F)C1CCN(C2Cc3ccccc3C2)CC1. The smallest absolute Gasteiger partial charge is 0.254 e. The normalized spacial score (nSPS) is 18.2. The van der Waals surface area contributed by atoms with Crippen LogP contribution in [0.25, 0.3) is 0 Å². The minimum atomic E-state index is -0.181. The van der Waals surface area contributed by atoms with Crippen LogP contribution in [0.5, 0.6) is 0 Å². The van der Waals surface area contributed by atoms with Crippen molar-refractivity contribution in [3.63, 3.8) is 0 Å². The lowest BCUT2D eigenvalue weighted by molar-refractivity contribution is 0.0547. The van der Waals surface area contributed by atoms with E-state index in [1.807, 2.05) is 40.9 Å². The zero-order valence-electron chi connectivity index (χ0n) is 19.1. The highest BCUT2D eigenvalue weighted by atomic mass is 32.1. The van der Waals surface area contributed by atoms with Gasteiger partial charge in [-0.15, -0.1) is 0 Å². The number of fused-ring (bicyclic) bond motifs is 1. The lowest BCUT2D eigenvalue weighted by Crippen LogP contribution is -2.49. The van der Waals surface area contributed by atoms with Crippen molar-refractivity contribution in [2.24, 2.45) is 5.92 Å². The van der Waals surface area contributed by atoms with Crippen molar-refractivity contribution in [1.82, 2.24) is 9.80 Å². The molecule has 0 unspecified atom stereocenters. The summed E-state index contributed by atoms with van der Waals surface area (Å²) < 4.78 is 14.5. The minimum Gasteiger partial charge on any atom is -0.338 e. The number of halogens is 1. The number of amides is 1. The molecule has 1 aliphatic heterocycles. The average Bonchev–Trinajstić information content (AvgIpc) is 3.53. The van der Waals surface area contributed by atoms with Crippen LogP contribution in [0.2, 0.25) is 0 Å². The topological polar surface area (TPSA) is 23.6 Å². The summed E-state index contributed by atoms with van der Waals surface area (Å²) in [5, 5.41) is 3.84. The highest BCUT2D eigenvalue weighted by Gasteiger charge is 2.35. The zero-order valence-corrected chi connectivity index (χ0v) is 19.9. The van der Waals surface area contributed by atoms with Crippen molar-refractivity contribution in [2.45, 2.75) is 44.2 Å². The highest BCUT2D eigenvalue weighted by molar-refractivity contribution is 7.08. The average molecular weight is 463 g/mol. The van der Waals surface area contributed by atoms with E-state index in [0.717, 1.165) is 44.3 Å². The molecular formula is C28H31FN2OS. The van der Waals surface area contributed by atoms with Gasteiger partial charge in [-0.05, 0) is 85.3 Å². The molecule has 2 heterocycles. The van der Waals surface area contributed by atoms with Gasteiger partial charge < -0.3 is 4.90 Å². The Kier molecular flexibility index (Phi) is 6.61. The number of thiophene rings is 1. The number of piperidine rings is 1. The first-order valence-electron chi connectivity index (χ1n) is 11.9. The second-order valence-corrected chi connectivity index (χ2v) is 10.3. The van der Waals surface area contributed by atoms with E-state index in [0.29, 0.717) is 23.9 Å². The summed E-state index contributed by atoms with van der Waals surface area (Å²) in [5.74, 6) is 0.212. The molecule has 1 saturated heterocycles. The Balaban J connectivity index is 1.30. The summed E-state index contributed by atoms with van der Waals surface area (Å²) in [6, 6.07) is 18.2. The second kappa shape index (κ2) is 9.78. The molecule has 0 N–H and O–H groups in total. The molecule has 1 aliphatic carbocycles. The van der Waals surface area contributed by atoms with E-state index in [4.69, 9.17) is 0 Å². The van der Waals surface area contributed by atoms with Crippen molar-refractivity contribution >= 4 is 17.2 Å². The minimum absolute atomic E-state index is 0.0165. The number of hydrogen-bond acceptors (Lipinski definition) is 3. The molecule has 2 aliphatic rings. The number of benzene rings is 2. The number of likely N-dealkylation sites (N-methyl/N-ethyl adjacent to an activating group) is 1. The van der Waals surface area contributed by atoms with Gasteiger partial charge in [-0.1, -0.05) is 42.5 Å². The molecule has 5 rings (SSSR count). The molecule has 0 spiro atoms. The summed E-state index contributed by atoms with van der Waals surface area (Å²) in [4.78, 5) is 17.7. The Morgan fingerprint density at radius 1 is 1.06 bits per heavy atom. The van der Waals surface area contributed by atoms with Crippen LogP contribution in [-0.2, 0) is 19.3 Å². The molecule has 33 heavy (non-hydrogen) atoms. The molecule has 1 fully saturated rings. The Labute approximate surface area is 199 Å². The molecule has 3 nitrogen and oxygen atoms in total. The van der Waals surface area contributed by atoms with Crippen LogP contribution in [0.4, 0.5) is 4.39 Å². The Hall–Kier alpha value is -2.50. The van der Waals surface area contributed by atoms with Gasteiger partial charge in [0.25, 0.3) is 5.91 Å². The number of nitrogens with zero attached hydrogens (tertiary/aromatic N) is 2. The summed E-state index contributed by atoms with van der Waals surface area (Å²) in [6.45, 7) is 2.08. The van der Waals surface area contributed by atoms with Gasteiger partial charge >= 0.3 is 0 Å². The van der Waals surface area contributed by atoms with E-state index in [-0.39, 0.29) is 17.8 Å². The van der Waals surface area contributed by atoms with E-state index >= 15 is 0 Å². The third-order valence-corrected chi connectivity index (χ3v) is 8.32. The maximum Gasteiger partial charge on any atom is 0.254 e. The number of rotatable bonds is 6. The monoisotopic (exact) mass is 462 g/mol. The third kappa shape index (κ3) is 4.75. The first-order valence-corrected chi connectivity index (χ1v) is 12.9. The quantitative estimate of drug-likeness (QED) is 0.486. The molecule has 172 valence electrons. The van der Waals surface area contributed by atoms with E-state index in [1.54, 1.807) is 6.07 Å². The maximum atomic E-state index is 14.5. The van der Waals surface area contributed by atoms with Crippen molar-refractivity contribution in [2.75, 3.05) is 20.1 Å². The second-order valence-electron chi connectivity index (χ2n) is 9.50. The van der Waals surface area contributed by atoms with Gasteiger partial charge in [-0.3, -0.25) is 9.69 Å². The summed E-state index contributed by atoms with van der Waals surface area (Å²) in [6.07, 6.45) is 4.89. The predicted octanol–water partition coefficient (Wildman–Crippen LogP) is 5.45. The van der Waals surface area contributed by atoms with E-state index < -0.39 is 0 Å². The third-order valence-electron chi connectivity index (χ3n) is 7.64. The van der Waals surface area contributed by atoms with Crippen molar-refractivity contribution in [3.05, 3.63) is 93.4 Å². The van der Waals surface area contributed by atoms with E-state index in [1.165, 1.54) is 28.5 Å². The predicted molar refractivity (Wildman–Crippen MR) is 132 cm³/mol. The zero-order chi connectivity index (χ0) is 22.8. The molecule has 1 atom stereocenters. The molecule has 2 aromatic carbocycles. The summed E-state index contributed by atoms with van der Waals surface area (Å²) in [7, 11) is 1.89. The maximum absolute atomic E-state index is 14.5. The van der Waals surface area contributed by atoms with Crippen LogP contribution in [0.1, 0.15) is 39.9 Å². The van der Waals surface area contributed by atoms with Gasteiger partial charge in [0.1, 0.15) is 5.82 Å². The number of likely N-dealkylation sites (tertiary alicyclic amines) is 1. The van der Waals surface area contributed by atoms with Gasteiger partial charge in [0, 0.05) is 24.5 Å². The van der Waals surface area contributed by atoms with Gasteiger partial charge in [-0.2, -0.15) is 11.3 Å². The Bertz CT molecular complexity index is 1070. The molecule has 0 saturated carbocycles. The van der Waals surface area contributed by atoms with Gasteiger partial charge in [-0.25, -0.2) is 4.39 Å². The number of carbonyl (C=O) groups excluding carboxylic acids is 1. The highest BCUT2D eigenvalue weighted by Crippen LogP contribution is 2.32. The van der Waals surface area contributed by atoms with Gasteiger partial charge in [0.15, 0.2) is 0 Å². The molecular weight excluding hydrogens is 431 g/mol. The Morgan fingerprint density at radius 3 is 2.36 bits per heavy atom. The lowest BCUT2D eigenvalue weighted by Gasteiger charge is -2.42.